The summed E-state index contributed by atoms with van der Waals surface area (Å²) in [5, 5.41) is 0. The van der Waals surface area contributed by atoms with E-state index in [-0.39, 0.29) is 63.1 Å². The Bertz CT molecular complexity index is 1160. The second-order valence-corrected chi connectivity index (χ2v) is 16.5. The molecule has 0 aromatic rings. The highest BCUT2D eigenvalue weighted by molar-refractivity contribution is 5.67. The number of fused-ring (bicyclic) bond motifs is 7. The molecule has 0 radical (unpaired) electrons. The van der Waals surface area contributed by atoms with E-state index in [0.717, 1.165) is 38.5 Å². The molecule has 0 aromatic heterocycles. The minimum Gasteiger partial charge on any atom is -0.462 e. The molecule has 0 spiro atoms. The third kappa shape index (κ3) is 4.50. The van der Waals surface area contributed by atoms with Gasteiger partial charge in [-0.05, 0) is 103 Å². The molecule has 236 valence electrons. The first-order valence-corrected chi connectivity index (χ1v) is 16.6. The topological polar surface area (TPSA) is 78.9 Å². The zero-order valence-electron chi connectivity index (χ0n) is 27.9. The van der Waals surface area contributed by atoms with Crippen LogP contribution < -0.4 is 0 Å². The van der Waals surface area contributed by atoms with E-state index in [1.54, 1.807) is 13.8 Å². The van der Waals surface area contributed by atoms with Gasteiger partial charge < -0.3 is 14.2 Å². The third-order valence-corrected chi connectivity index (χ3v) is 14.4. The highest BCUT2D eigenvalue weighted by Crippen LogP contribution is 2.77. The molecular formula is C36H56O6. The zero-order valence-corrected chi connectivity index (χ0v) is 27.9. The Morgan fingerprint density at radius 1 is 0.762 bits per heavy atom. The van der Waals surface area contributed by atoms with Crippen molar-refractivity contribution in [3.63, 3.8) is 0 Å². The monoisotopic (exact) mass is 584 g/mol. The summed E-state index contributed by atoms with van der Waals surface area (Å²) in [6, 6.07) is 0. The van der Waals surface area contributed by atoms with Gasteiger partial charge in [0.25, 0.3) is 0 Å². The number of carbonyl (C=O) groups is 3. The summed E-state index contributed by atoms with van der Waals surface area (Å²) in [6.07, 6.45) is 10.5. The van der Waals surface area contributed by atoms with E-state index in [4.69, 9.17) is 14.2 Å². The Morgan fingerprint density at radius 3 is 2.02 bits per heavy atom. The molecule has 5 aliphatic carbocycles. The number of esters is 3. The van der Waals surface area contributed by atoms with Crippen LogP contribution in [-0.4, -0.2) is 36.7 Å². The number of carbonyl (C=O) groups excluding carboxylic acids is 3. The summed E-state index contributed by atoms with van der Waals surface area (Å²) in [5.41, 5.74) is 1.26. The molecule has 0 N–H and O–H groups in total. The number of rotatable bonds is 4. The van der Waals surface area contributed by atoms with E-state index >= 15 is 0 Å². The lowest BCUT2D eigenvalue weighted by molar-refractivity contribution is -0.270. The van der Waals surface area contributed by atoms with Gasteiger partial charge in [-0.2, -0.15) is 0 Å². The largest absolute Gasteiger partial charge is 0.462 e. The van der Waals surface area contributed by atoms with Crippen molar-refractivity contribution in [1.82, 2.24) is 0 Å². The van der Waals surface area contributed by atoms with E-state index in [2.05, 4.69) is 54.5 Å². The van der Waals surface area contributed by atoms with Crippen LogP contribution in [0.5, 0.6) is 0 Å². The Labute approximate surface area is 254 Å². The van der Waals surface area contributed by atoms with Crippen LogP contribution in [0.3, 0.4) is 0 Å². The molecule has 0 aliphatic heterocycles. The van der Waals surface area contributed by atoms with E-state index in [9.17, 15) is 14.4 Å². The minimum atomic E-state index is -0.243. The van der Waals surface area contributed by atoms with E-state index in [0.29, 0.717) is 30.3 Å². The fraction of sp³-hybridized carbons (Fsp3) is 0.861. The molecule has 0 aromatic carbocycles. The van der Waals surface area contributed by atoms with Gasteiger partial charge in [0.1, 0.15) is 18.8 Å². The summed E-state index contributed by atoms with van der Waals surface area (Å²) >= 11 is 0. The van der Waals surface area contributed by atoms with Gasteiger partial charge in [-0.3, -0.25) is 14.4 Å². The van der Waals surface area contributed by atoms with Gasteiger partial charge in [0.05, 0.1) is 0 Å². The van der Waals surface area contributed by atoms with E-state index < -0.39 is 0 Å². The van der Waals surface area contributed by atoms with Crippen molar-refractivity contribution in [1.29, 1.82) is 0 Å². The van der Waals surface area contributed by atoms with Gasteiger partial charge in [0, 0.05) is 31.6 Å². The second kappa shape index (κ2) is 10.4. The van der Waals surface area contributed by atoms with Crippen molar-refractivity contribution >= 4 is 17.9 Å². The van der Waals surface area contributed by atoms with Gasteiger partial charge in [-0.25, -0.2) is 0 Å². The molecule has 0 saturated heterocycles. The maximum absolute atomic E-state index is 12.6. The van der Waals surface area contributed by atoms with Crippen LogP contribution in [0, 0.1) is 56.7 Å². The summed E-state index contributed by atoms with van der Waals surface area (Å²) in [7, 11) is 0. The lowest BCUT2D eigenvalue weighted by atomic mass is 9.31. The molecule has 42 heavy (non-hydrogen) atoms. The Kier molecular flexibility index (Phi) is 7.79. The van der Waals surface area contributed by atoms with Gasteiger partial charge in [0.15, 0.2) is 0 Å². The number of hydrogen-bond donors (Lipinski definition) is 0. The van der Waals surface area contributed by atoms with Crippen molar-refractivity contribution < 1.29 is 28.6 Å². The van der Waals surface area contributed by atoms with Crippen LogP contribution in [0.1, 0.15) is 121 Å². The van der Waals surface area contributed by atoms with Crippen molar-refractivity contribution in [2.75, 3.05) is 6.61 Å². The fourth-order valence-electron chi connectivity index (χ4n) is 12.3. The van der Waals surface area contributed by atoms with E-state index in [1.807, 2.05) is 0 Å². The molecule has 5 aliphatic rings. The summed E-state index contributed by atoms with van der Waals surface area (Å²) in [6.45, 7) is 21.9. The van der Waals surface area contributed by atoms with Crippen molar-refractivity contribution in [2.45, 2.75) is 133 Å². The fourth-order valence-corrected chi connectivity index (χ4v) is 12.3. The minimum absolute atomic E-state index is 0.00318. The van der Waals surface area contributed by atoms with Crippen LogP contribution in [0.2, 0.25) is 0 Å². The first-order valence-electron chi connectivity index (χ1n) is 16.6. The van der Waals surface area contributed by atoms with Crippen LogP contribution in [0.4, 0.5) is 0 Å². The SMILES string of the molecule is CC(=O)OCC1=CCC2(C)C(OC(C)=O)CC3(C)C(CCC4C5(C)CCC(OC(C)=O)C(C)(C)C5CCC43C)C2C1C. The molecule has 0 heterocycles. The van der Waals surface area contributed by atoms with Crippen LogP contribution >= 0.6 is 0 Å². The van der Waals surface area contributed by atoms with Gasteiger partial charge in [-0.1, -0.05) is 54.5 Å². The van der Waals surface area contributed by atoms with Gasteiger partial charge in [0.2, 0.25) is 0 Å². The molecule has 6 heteroatoms. The lowest BCUT2D eigenvalue weighted by Gasteiger charge is -2.74. The molecule has 6 nitrogen and oxygen atoms in total. The molecule has 0 amide bonds. The lowest BCUT2D eigenvalue weighted by Crippen LogP contribution is -2.69. The molecular weight excluding hydrogens is 528 g/mol. The quantitative estimate of drug-likeness (QED) is 0.192. The first kappa shape index (κ1) is 31.6. The Hall–Kier alpha value is -1.85. The first-order chi connectivity index (χ1) is 19.4. The predicted octanol–water partition coefficient (Wildman–Crippen LogP) is 7.68. The van der Waals surface area contributed by atoms with Crippen LogP contribution in [0.15, 0.2) is 11.6 Å². The average Bonchev–Trinajstić information content (AvgIpc) is 2.86. The molecule has 4 saturated carbocycles. The Morgan fingerprint density at radius 2 is 1.40 bits per heavy atom. The Balaban J connectivity index is 1.54. The maximum atomic E-state index is 12.6. The summed E-state index contributed by atoms with van der Waals surface area (Å²) < 4.78 is 17.7. The average molecular weight is 585 g/mol. The van der Waals surface area contributed by atoms with Crippen LogP contribution in [0.25, 0.3) is 0 Å². The second-order valence-electron chi connectivity index (χ2n) is 16.5. The van der Waals surface area contributed by atoms with Gasteiger partial charge >= 0.3 is 17.9 Å². The molecule has 5 rings (SSSR count). The van der Waals surface area contributed by atoms with Crippen molar-refractivity contribution in [3.8, 4) is 0 Å². The number of ether oxygens (including phenoxy) is 3. The molecule has 0 bridgehead atoms. The summed E-state index contributed by atoms with van der Waals surface area (Å²) in [5.74, 6) is 1.53. The normalized spacial score (nSPS) is 47.4. The van der Waals surface area contributed by atoms with Crippen molar-refractivity contribution in [3.05, 3.63) is 11.6 Å². The van der Waals surface area contributed by atoms with Crippen LogP contribution in [-0.2, 0) is 28.6 Å². The van der Waals surface area contributed by atoms with Gasteiger partial charge in [-0.15, -0.1) is 0 Å². The van der Waals surface area contributed by atoms with Crippen molar-refractivity contribution in [2.24, 2.45) is 56.7 Å². The third-order valence-electron chi connectivity index (χ3n) is 14.4. The summed E-state index contributed by atoms with van der Waals surface area (Å²) in [4.78, 5) is 36.3. The molecule has 11 unspecified atom stereocenters. The molecule has 4 fully saturated rings. The highest BCUT2D eigenvalue weighted by Gasteiger charge is 2.71. The molecule has 11 atom stereocenters. The van der Waals surface area contributed by atoms with E-state index in [1.165, 1.54) is 25.3 Å². The number of allylic oxidation sites excluding steroid dienone is 1. The predicted molar refractivity (Wildman–Crippen MR) is 162 cm³/mol. The standard InChI is InChI=1S/C36H56O6/c1-21-25(20-40-22(2)37)13-16-34(8)30(42-24(4)39)19-36(10)26(31(21)34)11-12-28-33(7)17-15-29(41-23(3)38)32(5,6)27(33)14-18-35(28,36)9/h13,21,26-31H,11-12,14-20H2,1-10H3. The zero-order chi connectivity index (χ0) is 31.0. The maximum Gasteiger partial charge on any atom is 0.302 e. The highest BCUT2D eigenvalue weighted by atomic mass is 16.5. The smallest absolute Gasteiger partial charge is 0.302 e. The number of hydrogen-bond acceptors (Lipinski definition) is 6.